The summed E-state index contributed by atoms with van der Waals surface area (Å²) < 4.78 is 29.0. The Balaban J connectivity index is 1.71. The van der Waals surface area contributed by atoms with Gasteiger partial charge in [-0.3, -0.25) is 4.79 Å². The van der Waals surface area contributed by atoms with Gasteiger partial charge in [-0.25, -0.2) is 13.4 Å². The largest absolute Gasteiger partial charge is 0.439 e. The standard InChI is InChI=1S/C18H15ClN2O4S/c1-26(23,24)16-9-13(7-8-14(16)19)18(22)21-11-17-20-10-15(25-17)12-5-3-2-4-6-12/h2-10H,11H2,1H3,(H,21,22). The van der Waals surface area contributed by atoms with Gasteiger partial charge in [-0.1, -0.05) is 41.9 Å². The molecule has 134 valence electrons. The van der Waals surface area contributed by atoms with Gasteiger partial charge >= 0.3 is 0 Å². The third-order valence-corrected chi connectivity index (χ3v) is 5.18. The second-order valence-corrected chi connectivity index (χ2v) is 7.98. The number of sulfone groups is 1. The first-order chi connectivity index (χ1) is 12.3. The molecular weight excluding hydrogens is 376 g/mol. The minimum Gasteiger partial charge on any atom is -0.439 e. The molecule has 0 aliphatic heterocycles. The van der Waals surface area contributed by atoms with Crippen molar-refractivity contribution in [3.63, 3.8) is 0 Å². The van der Waals surface area contributed by atoms with Crippen molar-refractivity contribution >= 4 is 27.3 Å². The fraction of sp³-hybridized carbons (Fsp3) is 0.111. The van der Waals surface area contributed by atoms with Crippen molar-refractivity contribution < 1.29 is 17.6 Å². The molecule has 0 unspecified atom stereocenters. The van der Waals surface area contributed by atoms with Crippen LogP contribution in [0.4, 0.5) is 0 Å². The molecule has 1 aromatic heterocycles. The van der Waals surface area contributed by atoms with E-state index in [0.29, 0.717) is 11.7 Å². The monoisotopic (exact) mass is 390 g/mol. The van der Waals surface area contributed by atoms with Crippen LogP contribution in [0.3, 0.4) is 0 Å². The summed E-state index contributed by atoms with van der Waals surface area (Å²) >= 11 is 5.88. The Morgan fingerprint density at radius 1 is 1.19 bits per heavy atom. The fourth-order valence-electron chi connectivity index (χ4n) is 2.31. The number of halogens is 1. The molecule has 0 aliphatic carbocycles. The van der Waals surface area contributed by atoms with E-state index in [-0.39, 0.29) is 22.0 Å². The van der Waals surface area contributed by atoms with E-state index in [2.05, 4.69) is 10.3 Å². The van der Waals surface area contributed by atoms with E-state index in [4.69, 9.17) is 16.0 Å². The molecule has 3 rings (SSSR count). The lowest BCUT2D eigenvalue weighted by Crippen LogP contribution is -2.23. The van der Waals surface area contributed by atoms with Crippen LogP contribution in [0, 0.1) is 0 Å². The number of hydrogen-bond acceptors (Lipinski definition) is 5. The Bertz CT molecular complexity index is 1050. The highest BCUT2D eigenvalue weighted by molar-refractivity contribution is 7.90. The molecule has 1 heterocycles. The molecule has 1 amide bonds. The number of carbonyl (C=O) groups excluding carboxylic acids is 1. The molecule has 0 saturated heterocycles. The SMILES string of the molecule is CS(=O)(=O)c1cc(C(=O)NCc2ncc(-c3ccccc3)o2)ccc1Cl. The molecule has 0 atom stereocenters. The summed E-state index contributed by atoms with van der Waals surface area (Å²) in [5.74, 6) is 0.487. The Hall–Kier alpha value is -2.64. The van der Waals surface area contributed by atoms with Gasteiger partial charge in [-0.05, 0) is 18.2 Å². The van der Waals surface area contributed by atoms with Crippen molar-refractivity contribution in [1.29, 1.82) is 0 Å². The van der Waals surface area contributed by atoms with E-state index in [1.807, 2.05) is 30.3 Å². The molecular formula is C18H15ClN2O4S. The van der Waals surface area contributed by atoms with Crippen LogP contribution in [0.5, 0.6) is 0 Å². The lowest BCUT2D eigenvalue weighted by molar-refractivity contribution is 0.0947. The number of nitrogens with one attached hydrogen (secondary N) is 1. The number of benzene rings is 2. The van der Waals surface area contributed by atoms with E-state index < -0.39 is 15.7 Å². The average molecular weight is 391 g/mol. The Labute approximate surface area is 155 Å². The van der Waals surface area contributed by atoms with Crippen molar-refractivity contribution in [3.8, 4) is 11.3 Å². The van der Waals surface area contributed by atoms with Gasteiger partial charge in [0, 0.05) is 17.4 Å². The molecule has 0 aliphatic rings. The highest BCUT2D eigenvalue weighted by Gasteiger charge is 2.16. The van der Waals surface area contributed by atoms with Gasteiger partial charge in [-0.2, -0.15) is 0 Å². The van der Waals surface area contributed by atoms with Crippen LogP contribution in [0.15, 0.2) is 64.0 Å². The van der Waals surface area contributed by atoms with Gasteiger partial charge in [0.2, 0.25) is 5.89 Å². The van der Waals surface area contributed by atoms with Gasteiger partial charge in [0.1, 0.15) is 0 Å². The van der Waals surface area contributed by atoms with E-state index in [1.165, 1.54) is 18.2 Å². The molecule has 3 aromatic rings. The first-order valence-corrected chi connectivity index (χ1v) is 9.89. The first kappa shape index (κ1) is 18.2. The zero-order valence-electron chi connectivity index (χ0n) is 13.8. The van der Waals surface area contributed by atoms with Crippen molar-refractivity contribution in [2.24, 2.45) is 0 Å². The van der Waals surface area contributed by atoms with Crippen LogP contribution in [0.2, 0.25) is 5.02 Å². The van der Waals surface area contributed by atoms with Gasteiger partial charge in [0.15, 0.2) is 15.6 Å². The maximum absolute atomic E-state index is 12.3. The summed E-state index contributed by atoms with van der Waals surface area (Å²) in [5.41, 5.74) is 1.07. The number of aromatic nitrogens is 1. The Morgan fingerprint density at radius 3 is 2.62 bits per heavy atom. The molecule has 2 aromatic carbocycles. The quantitative estimate of drug-likeness (QED) is 0.721. The van der Waals surface area contributed by atoms with Crippen LogP contribution in [-0.4, -0.2) is 25.6 Å². The van der Waals surface area contributed by atoms with Crippen LogP contribution in [0.1, 0.15) is 16.2 Å². The maximum Gasteiger partial charge on any atom is 0.251 e. The van der Waals surface area contributed by atoms with Gasteiger partial charge in [0.25, 0.3) is 5.91 Å². The van der Waals surface area contributed by atoms with Crippen LogP contribution >= 0.6 is 11.6 Å². The number of amides is 1. The predicted octanol–water partition coefficient (Wildman–Crippen LogP) is 3.33. The number of carbonyl (C=O) groups is 1. The summed E-state index contributed by atoms with van der Waals surface area (Å²) in [4.78, 5) is 16.3. The molecule has 1 N–H and O–H groups in total. The molecule has 0 saturated carbocycles. The third-order valence-electron chi connectivity index (χ3n) is 3.60. The zero-order valence-corrected chi connectivity index (χ0v) is 15.3. The fourth-order valence-corrected chi connectivity index (χ4v) is 3.62. The second-order valence-electron chi connectivity index (χ2n) is 5.58. The molecule has 26 heavy (non-hydrogen) atoms. The second kappa shape index (κ2) is 7.31. The van der Waals surface area contributed by atoms with E-state index in [9.17, 15) is 13.2 Å². The van der Waals surface area contributed by atoms with Gasteiger partial charge < -0.3 is 9.73 Å². The van der Waals surface area contributed by atoms with Crippen LogP contribution in [-0.2, 0) is 16.4 Å². The van der Waals surface area contributed by atoms with Crippen molar-refractivity contribution in [2.45, 2.75) is 11.4 Å². The summed E-state index contributed by atoms with van der Waals surface area (Å²) in [6, 6.07) is 13.5. The molecule has 6 nitrogen and oxygen atoms in total. The number of nitrogens with zero attached hydrogens (tertiary/aromatic N) is 1. The normalized spacial score (nSPS) is 11.3. The third kappa shape index (κ3) is 4.12. The van der Waals surface area contributed by atoms with E-state index >= 15 is 0 Å². The number of rotatable bonds is 5. The van der Waals surface area contributed by atoms with Crippen molar-refractivity contribution in [1.82, 2.24) is 10.3 Å². The Morgan fingerprint density at radius 2 is 1.92 bits per heavy atom. The molecule has 8 heteroatoms. The zero-order chi connectivity index (χ0) is 18.7. The van der Waals surface area contributed by atoms with Gasteiger partial charge in [-0.15, -0.1) is 0 Å². The average Bonchev–Trinajstić information content (AvgIpc) is 3.09. The van der Waals surface area contributed by atoms with E-state index in [0.717, 1.165) is 11.8 Å². The Kier molecular flexibility index (Phi) is 5.11. The molecule has 0 spiro atoms. The lowest BCUT2D eigenvalue weighted by atomic mass is 10.2. The van der Waals surface area contributed by atoms with Crippen molar-refractivity contribution in [2.75, 3.05) is 6.26 Å². The first-order valence-electron chi connectivity index (χ1n) is 7.62. The van der Waals surface area contributed by atoms with Crippen LogP contribution in [0.25, 0.3) is 11.3 Å². The number of oxazole rings is 1. The summed E-state index contributed by atoms with van der Waals surface area (Å²) in [6.45, 7) is 0.0719. The van der Waals surface area contributed by atoms with Crippen molar-refractivity contribution in [3.05, 3.63) is 71.2 Å². The minimum atomic E-state index is -3.53. The predicted molar refractivity (Wildman–Crippen MR) is 97.7 cm³/mol. The summed E-state index contributed by atoms with van der Waals surface area (Å²) in [7, 11) is -3.53. The lowest BCUT2D eigenvalue weighted by Gasteiger charge is -2.06. The van der Waals surface area contributed by atoms with E-state index in [1.54, 1.807) is 6.20 Å². The topological polar surface area (TPSA) is 89.3 Å². The van der Waals surface area contributed by atoms with Gasteiger partial charge in [0.05, 0.1) is 22.7 Å². The molecule has 0 fully saturated rings. The molecule has 0 radical (unpaired) electrons. The summed E-state index contributed by atoms with van der Waals surface area (Å²) in [6.07, 6.45) is 2.62. The maximum atomic E-state index is 12.3. The smallest absolute Gasteiger partial charge is 0.251 e. The highest BCUT2D eigenvalue weighted by atomic mass is 35.5. The highest BCUT2D eigenvalue weighted by Crippen LogP contribution is 2.23. The van der Waals surface area contributed by atoms with Crippen LogP contribution < -0.4 is 5.32 Å². The molecule has 0 bridgehead atoms. The minimum absolute atomic E-state index is 0.0719. The summed E-state index contributed by atoms with van der Waals surface area (Å²) in [5, 5.41) is 2.72. The number of hydrogen-bond donors (Lipinski definition) is 1.